The SMILES string of the molecule is Cc1ccc(NC(=O)c2ccc(Br)c(F)c2)c(C(=O)O)c1. The van der Waals surface area contributed by atoms with E-state index in [-0.39, 0.29) is 21.3 Å². The summed E-state index contributed by atoms with van der Waals surface area (Å²) in [4.78, 5) is 23.2. The predicted octanol–water partition coefficient (Wildman–Crippen LogP) is 3.85. The Labute approximate surface area is 128 Å². The first-order valence-electron chi connectivity index (χ1n) is 5.99. The fourth-order valence-corrected chi connectivity index (χ4v) is 2.02. The molecular formula is C15H11BrFNO3. The zero-order valence-electron chi connectivity index (χ0n) is 11.0. The van der Waals surface area contributed by atoms with Crippen LogP contribution in [0.4, 0.5) is 10.1 Å². The quantitative estimate of drug-likeness (QED) is 0.882. The van der Waals surface area contributed by atoms with Gasteiger partial charge >= 0.3 is 5.97 Å². The highest BCUT2D eigenvalue weighted by atomic mass is 79.9. The molecule has 6 heteroatoms. The van der Waals surface area contributed by atoms with E-state index in [4.69, 9.17) is 5.11 Å². The second-order valence-electron chi connectivity index (χ2n) is 4.44. The van der Waals surface area contributed by atoms with Gasteiger partial charge in [-0.25, -0.2) is 9.18 Å². The number of anilines is 1. The van der Waals surface area contributed by atoms with Crippen molar-refractivity contribution in [1.29, 1.82) is 0 Å². The Balaban J connectivity index is 2.31. The molecule has 21 heavy (non-hydrogen) atoms. The average Bonchev–Trinajstić information content (AvgIpc) is 2.43. The van der Waals surface area contributed by atoms with Gasteiger partial charge in [-0.05, 0) is 53.2 Å². The van der Waals surface area contributed by atoms with Crippen LogP contribution in [0.15, 0.2) is 40.9 Å². The van der Waals surface area contributed by atoms with Crippen LogP contribution in [0.5, 0.6) is 0 Å². The van der Waals surface area contributed by atoms with Crippen molar-refractivity contribution < 1.29 is 19.1 Å². The van der Waals surface area contributed by atoms with Gasteiger partial charge in [0.25, 0.3) is 5.91 Å². The second-order valence-corrected chi connectivity index (χ2v) is 5.29. The molecular weight excluding hydrogens is 341 g/mol. The number of rotatable bonds is 3. The Kier molecular flexibility index (Phi) is 4.37. The van der Waals surface area contributed by atoms with E-state index in [2.05, 4.69) is 21.2 Å². The van der Waals surface area contributed by atoms with Crippen LogP contribution in [0.1, 0.15) is 26.3 Å². The first-order valence-corrected chi connectivity index (χ1v) is 6.78. The summed E-state index contributed by atoms with van der Waals surface area (Å²) in [5.41, 5.74) is 1.02. The zero-order chi connectivity index (χ0) is 15.6. The third kappa shape index (κ3) is 3.46. The zero-order valence-corrected chi connectivity index (χ0v) is 12.6. The normalized spacial score (nSPS) is 10.2. The molecule has 2 N–H and O–H groups in total. The molecule has 0 radical (unpaired) electrons. The van der Waals surface area contributed by atoms with E-state index in [9.17, 15) is 14.0 Å². The number of nitrogens with one attached hydrogen (secondary N) is 1. The van der Waals surface area contributed by atoms with Crippen LogP contribution in [0, 0.1) is 12.7 Å². The molecule has 0 bridgehead atoms. The smallest absolute Gasteiger partial charge is 0.337 e. The maximum absolute atomic E-state index is 13.4. The number of carboxylic acids is 1. The summed E-state index contributed by atoms with van der Waals surface area (Å²) in [7, 11) is 0. The van der Waals surface area contributed by atoms with Crippen molar-refractivity contribution in [2.45, 2.75) is 6.92 Å². The van der Waals surface area contributed by atoms with Crippen molar-refractivity contribution in [3.63, 3.8) is 0 Å². The molecule has 2 rings (SSSR count). The second kappa shape index (κ2) is 6.05. The Hall–Kier alpha value is -2.21. The highest BCUT2D eigenvalue weighted by Gasteiger charge is 2.14. The molecule has 1 amide bonds. The minimum Gasteiger partial charge on any atom is -0.478 e. The summed E-state index contributed by atoms with van der Waals surface area (Å²) in [6.45, 7) is 1.75. The van der Waals surface area contributed by atoms with E-state index in [1.54, 1.807) is 13.0 Å². The molecule has 108 valence electrons. The van der Waals surface area contributed by atoms with Crippen molar-refractivity contribution >= 4 is 33.5 Å². The molecule has 0 fully saturated rings. The lowest BCUT2D eigenvalue weighted by molar-refractivity contribution is 0.0698. The number of carbonyl (C=O) groups is 2. The molecule has 0 aromatic heterocycles. The molecule has 0 atom stereocenters. The lowest BCUT2D eigenvalue weighted by atomic mass is 10.1. The van der Waals surface area contributed by atoms with Crippen LogP contribution in [-0.4, -0.2) is 17.0 Å². The standard InChI is InChI=1S/C15H11BrFNO3/c1-8-2-5-13(10(6-8)15(20)21)18-14(19)9-3-4-11(16)12(17)7-9/h2-7H,1H3,(H,18,19)(H,20,21). The number of hydrogen-bond acceptors (Lipinski definition) is 2. The minimum atomic E-state index is -1.14. The number of benzene rings is 2. The number of aromatic carboxylic acids is 1. The monoisotopic (exact) mass is 351 g/mol. The van der Waals surface area contributed by atoms with Crippen LogP contribution in [0.3, 0.4) is 0 Å². The van der Waals surface area contributed by atoms with E-state index in [0.29, 0.717) is 0 Å². The fourth-order valence-electron chi connectivity index (χ4n) is 1.78. The molecule has 0 saturated heterocycles. The summed E-state index contributed by atoms with van der Waals surface area (Å²) in [5.74, 6) is -2.28. The number of hydrogen-bond donors (Lipinski definition) is 2. The summed E-state index contributed by atoms with van der Waals surface area (Å²) in [6.07, 6.45) is 0. The van der Waals surface area contributed by atoms with Crippen LogP contribution in [-0.2, 0) is 0 Å². The van der Waals surface area contributed by atoms with Gasteiger partial charge in [-0.2, -0.15) is 0 Å². The van der Waals surface area contributed by atoms with Gasteiger partial charge in [-0.3, -0.25) is 4.79 Å². The minimum absolute atomic E-state index is 0.0130. The molecule has 2 aromatic carbocycles. The van der Waals surface area contributed by atoms with Gasteiger partial charge in [0.2, 0.25) is 0 Å². The van der Waals surface area contributed by atoms with Crippen LogP contribution < -0.4 is 5.32 Å². The molecule has 0 spiro atoms. The third-order valence-electron chi connectivity index (χ3n) is 2.84. The van der Waals surface area contributed by atoms with Gasteiger partial charge in [0, 0.05) is 5.56 Å². The molecule has 0 aliphatic rings. The summed E-state index contributed by atoms with van der Waals surface area (Å²) < 4.78 is 13.7. The van der Waals surface area contributed by atoms with Crippen molar-refractivity contribution in [3.8, 4) is 0 Å². The molecule has 2 aromatic rings. The average molecular weight is 352 g/mol. The maximum atomic E-state index is 13.4. The van der Waals surface area contributed by atoms with E-state index in [1.165, 1.54) is 24.3 Å². The van der Waals surface area contributed by atoms with E-state index in [1.807, 2.05) is 0 Å². The van der Waals surface area contributed by atoms with Gasteiger partial charge in [-0.15, -0.1) is 0 Å². The van der Waals surface area contributed by atoms with E-state index in [0.717, 1.165) is 11.6 Å². The Morgan fingerprint density at radius 3 is 2.52 bits per heavy atom. The van der Waals surface area contributed by atoms with Crippen molar-refractivity contribution in [2.24, 2.45) is 0 Å². The molecule has 0 aliphatic carbocycles. The van der Waals surface area contributed by atoms with Crippen molar-refractivity contribution in [3.05, 3.63) is 63.4 Å². The predicted molar refractivity (Wildman–Crippen MR) is 80.2 cm³/mol. The van der Waals surface area contributed by atoms with Gasteiger partial charge in [0.05, 0.1) is 15.7 Å². The van der Waals surface area contributed by atoms with Gasteiger partial charge in [0.15, 0.2) is 0 Å². The lowest BCUT2D eigenvalue weighted by Gasteiger charge is -2.09. The largest absolute Gasteiger partial charge is 0.478 e. The molecule has 4 nitrogen and oxygen atoms in total. The van der Waals surface area contributed by atoms with Crippen LogP contribution in [0.2, 0.25) is 0 Å². The highest BCUT2D eigenvalue weighted by Crippen LogP contribution is 2.20. The number of aryl methyl sites for hydroxylation is 1. The lowest BCUT2D eigenvalue weighted by Crippen LogP contribution is -2.15. The van der Waals surface area contributed by atoms with Crippen molar-refractivity contribution in [1.82, 2.24) is 0 Å². The maximum Gasteiger partial charge on any atom is 0.337 e. The van der Waals surface area contributed by atoms with Gasteiger partial charge < -0.3 is 10.4 Å². The van der Waals surface area contributed by atoms with Gasteiger partial charge in [0.1, 0.15) is 5.82 Å². The molecule has 0 aliphatic heterocycles. The summed E-state index contributed by atoms with van der Waals surface area (Å²) >= 11 is 3.00. The number of carbonyl (C=O) groups excluding carboxylic acids is 1. The highest BCUT2D eigenvalue weighted by molar-refractivity contribution is 9.10. The third-order valence-corrected chi connectivity index (χ3v) is 3.48. The summed E-state index contributed by atoms with van der Waals surface area (Å²) in [5, 5.41) is 11.6. The topological polar surface area (TPSA) is 66.4 Å². The Morgan fingerprint density at radius 1 is 1.19 bits per heavy atom. The summed E-state index contributed by atoms with van der Waals surface area (Å²) in [6, 6.07) is 8.58. The molecule has 0 heterocycles. The number of halogens is 2. The number of carboxylic acid groups (broad SMARTS) is 1. The molecule has 0 unspecified atom stereocenters. The Bertz CT molecular complexity index is 731. The number of amides is 1. The fraction of sp³-hybridized carbons (Fsp3) is 0.0667. The van der Waals surface area contributed by atoms with E-state index < -0.39 is 17.7 Å². The molecule has 0 saturated carbocycles. The van der Waals surface area contributed by atoms with Gasteiger partial charge in [-0.1, -0.05) is 11.6 Å². The van der Waals surface area contributed by atoms with Crippen LogP contribution in [0.25, 0.3) is 0 Å². The van der Waals surface area contributed by atoms with Crippen LogP contribution >= 0.6 is 15.9 Å². The first kappa shape index (κ1) is 15.2. The van der Waals surface area contributed by atoms with Crippen molar-refractivity contribution in [2.75, 3.05) is 5.32 Å². The van der Waals surface area contributed by atoms with E-state index >= 15 is 0 Å². The first-order chi connectivity index (χ1) is 9.88. The Morgan fingerprint density at radius 2 is 1.90 bits per heavy atom.